The molecule has 0 fully saturated rings. The van der Waals surface area contributed by atoms with Crippen molar-refractivity contribution in [3.63, 3.8) is 0 Å². The van der Waals surface area contributed by atoms with Gasteiger partial charge in [0.15, 0.2) is 0 Å². The highest BCUT2D eigenvalue weighted by molar-refractivity contribution is 6.04. The van der Waals surface area contributed by atoms with Crippen molar-refractivity contribution in [2.45, 2.75) is 13.5 Å². The number of amides is 1. The molecule has 3 heterocycles. The van der Waals surface area contributed by atoms with Gasteiger partial charge in [0.1, 0.15) is 35.8 Å². The summed E-state index contributed by atoms with van der Waals surface area (Å²) < 4.78 is 7.60. The largest absolute Gasteiger partial charge is 0.473 e. The van der Waals surface area contributed by atoms with Crippen molar-refractivity contribution in [1.29, 1.82) is 0 Å². The first-order chi connectivity index (χ1) is 16.2. The predicted octanol–water partition coefficient (Wildman–Crippen LogP) is 4.93. The summed E-state index contributed by atoms with van der Waals surface area (Å²) in [5.74, 6) is 0.536. The third-order valence-corrected chi connectivity index (χ3v) is 5.27. The summed E-state index contributed by atoms with van der Waals surface area (Å²) in [6.45, 7) is 2.37. The molecule has 162 valence electrons. The first-order valence-corrected chi connectivity index (χ1v) is 10.5. The lowest BCUT2D eigenvalue weighted by Gasteiger charge is -2.10. The third-order valence-electron chi connectivity index (χ3n) is 5.27. The molecule has 0 saturated heterocycles. The lowest BCUT2D eigenvalue weighted by atomic mass is 10.1. The molecular weight excluding hydrogens is 414 g/mol. The normalized spacial score (nSPS) is 10.8. The first kappa shape index (κ1) is 20.4. The number of fused-ring (bicyclic) bond motifs is 1. The number of carbonyl (C=O) groups excluding carboxylic acids is 1. The Bertz CT molecular complexity index is 1430. The van der Waals surface area contributed by atoms with Crippen LogP contribution in [0.3, 0.4) is 0 Å². The van der Waals surface area contributed by atoms with Gasteiger partial charge in [0, 0.05) is 17.8 Å². The number of rotatable bonds is 6. The van der Waals surface area contributed by atoms with Crippen LogP contribution in [-0.4, -0.2) is 25.3 Å². The van der Waals surface area contributed by atoms with Gasteiger partial charge in [-0.3, -0.25) is 9.20 Å². The van der Waals surface area contributed by atoms with Gasteiger partial charge >= 0.3 is 0 Å². The van der Waals surface area contributed by atoms with Gasteiger partial charge in [-0.1, -0.05) is 60.7 Å². The van der Waals surface area contributed by atoms with Crippen molar-refractivity contribution in [3.8, 4) is 17.1 Å². The number of nitrogens with one attached hydrogen (secondary N) is 1. The smallest absolute Gasteiger partial charge is 0.275 e. The predicted molar refractivity (Wildman–Crippen MR) is 126 cm³/mol. The van der Waals surface area contributed by atoms with E-state index in [1.807, 2.05) is 90.3 Å². The molecule has 0 atom stereocenters. The molecule has 2 aromatic carbocycles. The minimum Gasteiger partial charge on any atom is -0.473 e. The second-order valence-electron chi connectivity index (χ2n) is 7.52. The summed E-state index contributed by atoms with van der Waals surface area (Å²) in [4.78, 5) is 26.2. The molecule has 7 nitrogen and oxygen atoms in total. The Morgan fingerprint density at radius 2 is 1.76 bits per heavy atom. The molecule has 0 aliphatic carbocycles. The molecule has 5 rings (SSSR count). The number of aromatic nitrogens is 4. The van der Waals surface area contributed by atoms with Gasteiger partial charge in [-0.25, -0.2) is 15.0 Å². The molecule has 0 radical (unpaired) electrons. The zero-order valence-electron chi connectivity index (χ0n) is 18.0. The van der Waals surface area contributed by atoms with E-state index in [0.29, 0.717) is 24.0 Å². The van der Waals surface area contributed by atoms with E-state index in [-0.39, 0.29) is 11.6 Å². The molecule has 0 unspecified atom stereocenters. The SMILES string of the molecule is Cc1ccccc1-c1nc2ccccn2c1NC(=O)c1cc(OCc2ccccc2)ncn1. The van der Waals surface area contributed by atoms with Gasteiger partial charge < -0.3 is 10.1 Å². The molecule has 5 aromatic rings. The van der Waals surface area contributed by atoms with E-state index in [9.17, 15) is 4.79 Å². The number of carbonyl (C=O) groups is 1. The lowest BCUT2D eigenvalue weighted by Crippen LogP contribution is -2.16. The highest BCUT2D eigenvalue weighted by Gasteiger charge is 2.19. The van der Waals surface area contributed by atoms with Crippen LogP contribution in [0.1, 0.15) is 21.6 Å². The van der Waals surface area contributed by atoms with E-state index in [4.69, 9.17) is 9.72 Å². The molecule has 0 aliphatic rings. The third kappa shape index (κ3) is 4.29. The molecule has 0 aliphatic heterocycles. The van der Waals surface area contributed by atoms with Crippen molar-refractivity contribution >= 4 is 17.4 Å². The molecule has 1 amide bonds. The highest BCUT2D eigenvalue weighted by atomic mass is 16.5. The van der Waals surface area contributed by atoms with Crippen LogP contribution in [0.25, 0.3) is 16.9 Å². The molecule has 1 N–H and O–H groups in total. The van der Waals surface area contributed by atoms with Crippen molar-refractivity contribution in [2.75, 3.05) is 5.32 Å². The fraction of sp³-hybridized carbons (Fsp3) is 0.0769. The molecule has 0 spiro atoms. The van der Waals surface area contributed by atoms with Gasteiger partial charge in [0.05, 0.1) is 0 Å². The van der Waals surface area contributed by atoms with E-state index in [1.54, 1.807) is 0 Å². The second kappa shape index (κ2) is 8.92. The number of benzene rings is 2. The van der Waals surface area contributed by atoms with E-state index in [0.717, 1.165) is 22.3 Å². The molecule has 7 heteroatoms. The number of ether oxygens (including phenoxy) is 1. The average Bonchev–Trinajstić information content (AvgIpc) is 3.22. The Morgan fingerprint density at radius 3 is 2.61 bits per heavy atom. The van der Waals surface area contributed by atoms with E-state index in [1.165, 1.54) is 12.4 Å². The molecule has 3 aromatic heterocycles. The second-order valence-corrected chi connectivity index (χ2v) is 7.52. The maximum absolute atomic E-state index is 13.2. The molecule has 33 heavy (non-hydrogen) atoms. The van der Waals surface area contributed by atoms with Crippen molar-refractivity contribution in [1.82, 2.24) is 19.4 Å². The Balaban J connectivity index is 1.44. The number of imidazole rings is 1. The molecular formula is C26H21N5O2. The zero-order chi connectivity index (χ0) is 22.6. The lowest BCUT2D eigenvalue weighted by molar-refractivity contribution is 0.102. The van der Waals surface area contributed by atoms with E-state index in [2.05, 4.69) is 15.3 Å². The molecule has 0 bridgehead atoms. The summed E-state index contributed by atoms with van der Waals surface area (Å²) in [7, 11) is 0. The fourth-order valence-electron chi connectivity index (χ4n) is 3.59. The Kier molecular flexibility index (Phi) is 5.51. The van der Waals surface area contributed by atoms with Crippen LogP contribution < -0.4 is 10.1 Å². The van der Waals surface area contributed by atoms with Crippen LogP contribution in [-0.2, 0) is 6.61 Å². The Labute approximate surface area is 190 Å². The number of anilines is 1. The highest BCUT2D eigenvalue weighted by Crippen LogP contribution is 2.31. The number of aryl methyl sites for hydroxylation is 1. The van der Waals surface area contributed by atoms with Crippen LogP contribution >= 0.6 is 0 Å². The van der Waals surface area contributed by atoms with Crippen LogP contribution in [0.2, 0.25) is 0 Å². The van der Waals surface area contributed by atoms with Gasteiger partial charge in [0.2, 0.25) is 5.88 Å². The fourth-order valence-corrected chi connectivity index (χ4v) is 3.59. The molecule has 0 saturated carbocycles. The van der Waals surface area contributed by atoms with Gasteiger partial charge in [-0.05, 0) is 30.2 Å². The maximum Gasteiger partial charge on any atom is 0.275 e. The average molecular weight is 435 g/mol. The van der Waals surface area contributed by atoms with Crippen LogP contribution in [0, 0.1) is 6.92 Å². The van der Waals surface area contributed by atoms with Gasteiger partial charge in [-0.15, -0.1) is 0 Å². The number of pyridine rings is 1. The zero-order valence-corrected chi connectivity index (χ0v) is 18.0. The summed E-state index contributed by atoms with van der Waals surface area (Å²) >= 11 is 0. The van der Waals surface area contributed by atoms with Crippen molar-refractivity contribution < 1.29 is 9.53 Å². The topological polar surface area (TPSA) is 81.4 Å². The van der Waals surface area contributed by atoms with Crippen LogP contribution in [0.5, 0.6) is 5.88 Å². The minimum atomic E-state index is -0.373. The number of nitrogens with zero attached hydrogens (tertiary/aromatic N) is 4. The monoisotopic (exact) mass is 435 g/mol. The number of hydrogen-bond acceptors (Lipinski definition) is 5. The van der Waals surface area contributed by atoms with Crippen molar-refractivity contribution in [2.24, 2.45) is 0 Å². The first-order valence-electron chi connectivity index (χ1n) is 10.5. The van der Waals surface area contributed by atoms with Crippen molar-refractivity contribution in [3.05, 3.63) is 108 Å². The summed E-state index contributed by atoms with van der Waals surface area (Å²) in [5.41, 5.74) is 4.66. The summed E-state index contributed by atoms with van der Waals surface area (Å²) in [5, 5.41) is 2.99. The Hall–Kier alpha value is -4.52. The summed E-state index contributed by atoms with van der Waals surface area (Å²) in [6, 6.07) is 25.0. The number of hydrogen-bond donors (Lipinski definition) is 1. The maximum atomic E-state index is 13.2. The Morgan fingerprint density at radius 1 is 0.970 bits per heavy atom. The standard InChI is InChI=1S/C26H21N5O2/c1-18-9-5-6-12-20(18)24-25(31-14-8-7-13-22(31)29-24)30-26(32)21-15-23(28-17-27-21)33-16-19-10-3-2-4-11-19/h2-15,17H,16H2,1H3,(H,30,32). The van der Waals surface area contributed by atoms with Crippen LogP contribution in [0.15, 0.2) is 91.4 Å². The minimum absolute atomic E-state index is 0.203. The summed E-state index contributed by atoms with van der Waals surface area (Å²) in [6.07, 6.45) is 3.19. The van der Waals surface area contributed by atoms with E-state index >= 15 is 0 Å². The van der Waals surface area contributed by atoms with Crippen LogP contribution in [0.4, 0.5) is 5.82 Å². The van der Waals surface area contributed by atoms with Gasteiger partial charge in [0.25, 0.3) is 5.91 Å². The van der Waals surface area contributed by atoms with Gasteiger partial charge in [-0.2, -0.15) is 0 Å². The quantitative estimate of drug-likeness (QED) is 0.409. The van der Waals surface area contributed by atoms with E-state index < -0.39 is 0 Å².